The summed E-state index contributed by atoms with van der Waals surface area (Å²) in [5.74, 6) is -0.697. The Morgan fingerprint density at radius 3 is 2.63 bits per heavy atom. The predicted octanol–water partition coefficient (Wildman–Crippen LogP) is 2.25. The van der Waals surface area contributed by atoms with E-state index in [4.69, 9.17) is 11.0 Å². The van der Waals surface area contributed by atoms with Gasteiger partial charge < -0.3 is 11.1 Å². The topological polar surface area (TPSA) is 78.9 Å². The predicted molar refractivity (Wildman–Crippen MR) is 63.1 cm³/mol. The molecule has 19 heavy (non-hydrogen) atoms. The highest BCUT2D eigenvalue weighted by atomic mass is 19.4. The summed E-state index contributed by atoms with van der Waals surface area (Å²) in [5, 5.41) is 10.7. The van der Waals surface area contributed by atoms with Gasteiger partial charge in [-0.25, -0.2) is 0 Å². The van der Waals surface area contributed by atoms with Crippen LogP contribution in [0, 0.1) is 11.3 Å². The number of nitrogens with zero attached hydrogens (tertiary/aromatic N) is 1. The third-order valence-corrected chi connectivity index (χ3v) is 2.49. The van der Waals surface area contributed by atoms with Crippen LogP contribution in [0.15, 0.2) is 18.2 Å². The molecule has 0 saturated carbocycles. The zero-order valence-corrected chi connectivity index (χ0v) is 10.1. The first-order valence-corrected chi connectivity index (χ1v) is 5.47. The molecule has 0 radical (unpaired) electrons. The van der Waals surface area contributed by atoms with Gasteiger partial charge in [-0.1, -0.05) is 6.92 Å². The summed E-state index contributed by atoms with van der Waals surface area (Å²) in [6, 6.07) is 3.67. The molecule has 1 amide bonds. The van der Waals surface area contributed by atoms with E-state index in [1.807, 2.05) is 0 Å². The Bertz CT molecular complexity index is 520. The van der Waals surface area contributed by atoms with E-state index in [1.165, 1.54) is 6.07 Å². The lowest BCUT2D eigenvalue weighted by molar-refractivity contribution is -0.137. The minimum atomic E-state index is -4.66. The van der Waals surface area contributed by atoms with Gasteiger partial charge in [0.15, 0.2) is 0 Å². The van der Waals surface area contributed by atoms with Gasteiger partial charge in [-0.2, -0.15) is 18.4 Å². The van der Waals surface area contributed by atoms with Crippen molar-refractivity contribution in [3.8, 4) is 6.07 Å². The van der Waals surface area contributed by atoms with Crippen molar-refractivity contribution in [1.29, 1.82) is 5.26 Å². The van der Waals surface area contributed by atoms with E-state index in [2.05, 4.69) is 5.32 Å². The second kappa shape index (κ2) is 5.71. The van der Waals surface area contributed by atoms with E-state index in [9.17, 15) is 18.0 Å². The number of halogens is 3. The highest BCUT2D eigenvalue weighted by Gasteiger charge is 2.34. The molecule has 0 heterocycles. The van der Waals surface area contributed by atoms with E-state index >= 15 is 0 Å². The van der Waals surface area contributed by atoms with Gasteiger partial charge in [0.05, 0.1) is 28.9 Å². The molecule has 3 N–H and O–H groups in total. The van der Waals surface area contributed by atoms with Gasteiger partial charge in [0.1, 0.15) is 0 Å². The van der Waals surface area contributed by atoms with Crippen LogP contribution in [-0.2, 0) is 11.0 Å². The smallest absolute Gasteiger partial charge is 0.324 e. The SMILES string of the molecule is CC[C@H](N)C(=O)Nc1ccc(C#N)cc1C(F)(F)F. The van der Waals surface area contributed by atoms with Crippen molar-refractivity contribution in [3.63, 3.8) is 0 Å². The van der Waals surface area contributed by atoms with Crippen LogP contribution in [0.3, 0.4) is 0 Å². The molecule has 0 aliphatic heterocycles. The highest BCUT2D eigenvalue weighted by Crippen LogP contribution is 2.35. The van der Waals surface area contributed by atoms with Crippen molar-refractivity contribution in [2.24, 2.45) is 5.73 Å². The number of amides is 1. The summed E-state index contributed by atoms with van der Waals surface area (Å²) < 4.78 is 38.4. The molecule has 0 unspecified atom stereocenters. The van der Waals surface area contributed by atoms with Crippen LogP contribution in [0.25, 0.3) is 0 Å². The molecule has 1 rings (SSSR count). The summed E-state index contributed by atoms with van der Waals surface area (Å²) >= 11 is 0. The largest absolute Gasteiger partial charge is 0.418 e. The number of rotatable bonds is 3. The zero-order valence-electron chi connectivity index (χ0n) is 10.1. The molecule has 0 spiro atoms. The van der Waals surface area contributed by atoms with Crippen LogP contribution in [-0.4, -0.2) is 11.9 Å². The Labute approximate surface area is 108 Å². The second-order valence-corrected chi connectivity index (χ2v) is 3.87. The molecular formula is C12H12F3N3O. The maximum absolute atomic E-state index is 12.8. The lowest BCUT2D eigenvalue weighted by Gasteiger charge is -2.15. The molecule has 0 fully saturated rings. The lowest BCUT2D eigenvalue weighted by atomic mass is 10.1. The normalized spacial score (nSPS) is 12.6. The van der Waals surface area contributed by atoms with Crippen molar-refractivity contribution in [2.45, 2.75) is 25.6 Å². The first-order chi connectivity index (χ1) is 8.79. The molecule has 0 saturated heterocycles. The number of hydrogen-bond donors (Lipinski definition) is 2. The summed E-state index contributed by atoms with van der Waals surface area (Å²) in [7, 11) is 0. The van der Waals surface area contributed by atoms with Crippen LogP contribution < -0.4 is 11.1 Å². The molecule has 102 valence electrons. The summed E-state index contributed by atoms with van der Waals surface area (Å²) in [6.07, 6.45) is -4.35. The summed E-state index contributed by atoms with van der Waals surface area (Å²) in [5.41, 5.74) is 3.83. The van der Waals surface area contributed by atoms with Gasteiger partial charge in [-0.15, -0.1) is 0 Å². The van der Waals surface area contributed by atoms with E-state index in [-0.39, 0.29) is 5.56 Å². The average molecular weight is 271 g/mol. The number of benzene rings is 1. The number of alkyl halides is 3. The Morgan fingerprint density at radius 2 is 2.16 bits per heavy atom. The monoisotopic (exact) mass is 271 g/mol. The Balaban J connectivity index is 3.14. The zero-order chi connectivity index (χ0) is 14.6. The van der Waals surface area contributed by atoms with Crippen LogP contribution in [0.5, 0.6) is 0 Å². The average Bonchev–Trinajstić information content (AvgIpc) is 2.36. The molecule has 1 atom stereocenters. The fraction of sp³-hybridized carbons (Fsp3) is 0.333. The number of hydrogen-bond acceptors (Lipinski definition) is 3. The Kier molecular flexibility index (Phi) is 4.51. The maximum atomic E-state index is 12.8. The van der Waals surface area contributed by atoms with Crippen LogP contribution >= 0.6 is 0 Å². The van der Waals surface area contributed by atoms with Crippen molar-refractivity contribution in [3.05, 3.63) is 29.3 Å². The minimum Gasteiger partial charge on any atom is -0.324 e. The van der Waals surface area contributed by atoms with E-state index in [1.54, 1.807) is 13.0 Å². The quantitative estimate of drug-likeness (QED) is 0.885. The molecule has 0 aromatic heterocycles. The molecule has 0 aliphatic rings. The van der Waals surface area contributed by atoms with Crippen LogP contribution in [0.2, 0.25) is 0 Å². The first-order valence-electron chi connectivity index (χ1n) is 5.47. The molecule has 1 aromatic rings. The minimum absolute atomic E-state index is 0.134. The third kappa shape index (κ3) is 3.69. The number of nitrogens with two attached hydrogens (primary N) is 1. The number of carbonyl (C=O) groups excluding carboxylic acids is 1. The molecule has 0 bridgehead atoms. The van der Waals surface area contributed by atoms with Gasteiger partial charge in [-0.3, -0.25) is 4.79 Å². The van der Waals surface area contributed by atoms with Crippen LogP contribution in [0.1, 0.15) is 24.5 Å². The Hall–Kier alpha value is -2.07. The summed E-state index contributed by atoms with van der Waals surface area (Å²) in [4.78, 5) is 11.5. The van der Waals surface area contributed by atoms with E-state index in [0.717, 1.165) is 6.07 Å². The van der Waals surface area contributed by atoms with Gasteiger partial charge in [0.2, 0.25) is 5.91 Å². The summed E-state index contributed by atoms with van der Waals surface area (Å²) in [6.45, 7) is 1.65. The number of nitrogens with one attached hydrogen (secondary N) is 1. The second-order valence-electron chi connectivity index (χ2n) is 3.87. The van der Waals surface area contributed by atoms with Crippen LogP contribution in [0.4, 0.5) is 18.9 Å². The van der Waals surface area contributed by atoms with Gasteiger partial charge in [0.25, 0.3) is 0 Å². The highest BCUT2D eigenvalue weighted by molar-refractivity contribution is 5.95. The molecule has 7 heteroatoms. The molecule has 4 nitrogen and oxygen atoms in total. The standard InChI is InChI=1S/C12H12F3N3O/c1-2-9(17)11(19)18-10-4-3-7(6-16)5-8(10)12(13,14)15/h3-5,9H,2,17H2,1H3,(H,18,19)/t9-/m0/s1. The maximum Gasteiger partial charge on any atom is 0.418 e. The Morgan fingerprint density at radius 1 is 1.53 bits per heavy atom. The van der Waals surface area contributed by atoms with E-state index < -0.39 is 29.4 Å². The van der Waals surface area contributed by atoms with Gasteiger partial charge in [0, 0.05) is 0 Å². The first kappa shape index (κ1) is 15.0. The fourth-order valence-electron chi connectivity index (χ4n) is 1.37. The van der Waals surface area contributed by atoms with Gasteiger partial charge >= 0.3 is 6.18 Å². The number of anilines is 1. The molecular weight excluding hydrogens is 259 g/mol. The number of nitriles is 1. The fourth-order valence-corrected chi connectivity index (χ4v) is 1.37. The van der Waals surface area contributed by atoms with E-state index in [0.29, 0.717) is 12.5 Å². The third-order valence-electron chi connectivity index (χ3n) is 2.49. The van der Waals surface area contributed by atoms with Gasteiger partial charge in [-0.05, 0) is 24.6 Å². The molecule has 1 aromatic carbocycles. The molecule has 0 aliphatic carbocycles. The van der Waals surface area contributed by atoms with Crippen molar-refractivity contribution >= 4 is 11.6 Å². The van der Waals surface area contributed by atoms with Crippen molar-refractivity contribution in [2.75, 3.05) is 5.32 Å². The lowest BCUT2D eigenvalue weighted by Crippen LogP contribution is -2.35. The number of carbonyl (C=O) groups is 1. The van der Waals surface area contributed by atoms with Crippen molar-refractivity contribution in [1.82, 2.24) is 0 Å². The van der Waals surface area contributed by atoms with Crippen molar-refractivity contribution < 1.29 is 18.0 Å².